The molecule has 6 nitrogen and oxygen atoms in total. The molecule has 32 heavy (non-hydrogen) atoms. The van der Waals surface area contributed by atoms with Crippen molar-refractivity contribution in [3.8, 4) is 0 Å². The summed E-state index contributed by atoms with van der Waals surface area (Å²) < 4.78 is 14.2. The van der Waals surface area contributed by atoms with Gasteiger partial charge in [0.1, 0.15) is 5.82 Å². The van der Waals surface area contributed by atoms with E-state index in [1.54, 1.807) is 18.2 Å². The van der Waals surface area contributed by atoms with E-state index in [0.717, 1.165) is 37.3 Å². The number of carbonyl (C=O) groups is 2. The van der Waals surface area contributed by atoms with Gasteiger partial charge in [-0.1, -0.05) is 30.3 Å². The molecular formula is C24H25FN4O2S. The van der Waals surface area contributed by atoms with Crippen LogP contribution in [-0.2, 0) is 16.1 Å². The fraction of sp³-hybridized carbons (Fsp3) is 0.292. The third-order valence-corrected chi connectivity index (χ3v) is 6.40. The maximum Gasteiger partial charge on any atom is 0.230 e. The van der Waals surface area contributed by atoms with Gasteiger partial charge in [-0.25, -0.2) is 9.37 Å². The van der Waals surface area contributed by atoms with Crippen molar-refractivity contribution < 1.29 is 14.0 Å². The lowest BCUT2D eigenvalue weighted by atomic mass is 9.95. The van der Waals surface area contributed by atoms with Crippen LogP contribution in [-0.4, -0.2) is 34.8 Å². The van der Waals surface area contributed by atoms with E-state index in [4.69, 9.17) is 0 Å². The highest BCUT2D eigenvalue weighted by molar-refractivity contribution is 7.14. The topological polar surface area (TPSA) is 65.5 Å². The molecule has 1 aliphatic heterocycles. The van der Waals surface area contributed by atoms with E-state index in [2.05, 4.69) is 15.2 Å². The number of halogens is 1. The SMILES string of the molecule is CC(=O)N(c1nc(CN2CCC(C(=O)Nc3ccccc3)CC2)cs1)c1ccccc1F. The summed E-state index contributed by atoms with van der Waals surface area (Å²) in [5.74, 6) is -0.697. The van der Waals surface area contributed by atoms with Crippen LogP contribution in [0.1, 0.15) is 25.5 Å². The molecule has 0 saturated carbocycles. The summed E-state index contributed by atoms with van der Waals surface area (Å²) in [5.41, 5.74) is 1.85. The Morgan fingerprint density at radius 3 is 2.50 bits per heavy atom. The fourth-order valence-electron chi connectivity index (χ4n) is 3.86. The predicted molar refractivity (Wildman–Crippen MR) is 124 cm³/mol. The van der Waals surface area contributed by atoms with Gasteiger partial charge in [-0.05, 0) is 50.2 Å². The lowest BCUT2D eigenvalue weighted by Gasteiger charge is -2.30. The normalized spacial score (nSPS) is 14.8. The van der Waals surface area contributed by atoms with E-state index >= 15 is 0 Å². The van der Waals surface area contributed by atoms with Crippen LogP contribution in [0.3, 0.4) is 0 Å². The van der Waals surface area contributed by atoms with E-state index in [0.29, 0.717) is 11.7 Å². The van der Waals surface area contributed by atoms with Crippen molar-refractivity contribution in [3.05, 3.63) is 71.5 Å². The number of nitrogens with one attached hydrogen (secondary N) is 1. The van der Waals surface area contributed by atoms with E-state index in [1.165, 1.54) is 29.2 Å². The van der Waals surface area contributed by atoms with Gasteiger partial charge in [-0.2, -0.15) is 0 Å². The molecule has 2 amide bonds. The molecule has 2 heterocycles. The second-order valence-electron chi connectivity index (χ2n) is 7.83. The summed E-state index contributed by atoms with van der Waals surface area (Å²) in [7, 11) is 0. The molecular weight excluding hydrogens is 427 g/mol. The second-order valence-corrected chi connectivity index (χ2v) is 8.67. The first-order valence-electron chi connectivity index (χ1n) is 10.6. The molecule has 1 saturated heterocycles. The molecule has 0 bridgehead atoms. The Morgan fingerprint density at radius 2 is 1.81 bits per heavy atom. The van der Waals surface area contributed by atoms with Crippen molar-refractivity contribution in [2.24, 2.45) is 5.92 Å². The van der Waals surface area contributed by atoms with Crippen LogP contribution in [0.2, 0.25) is 0 Å². The minimum Gasteiger partial charge on any atom is -0.326 e. The van der Waals surface area contributed by atoms with Crippen LogP contribution >= 0.6 is 11.3 Å². The molecule has 166 valence electrons. The van der Waals surface area contributed by atoms with Crippen LogP contribution < -0.4 is 10.2 Å². The van der Waals surface area contributed by atoms with Crippen molar-refractivity contribution in [1.29, 1.82) is 0 Å². The number of nitrogens with zero attached hydrogens (tertiary/aromatic N) is 3. The first-order chi connectivity index (χ1) is 15.5. The number of hydrogen-bond donors (Lipinski definition) is 1. The minimum atomic E-state index is -0.463. The van der Waals surface area contributed by atoms with Crippen molar-refractivity contribution in [2.45, 2.75) is 26.3 Å². The molecule has 4 rings (SSSR count). The van der Waals surface area contributed by atoms with Gasteiger partial charge in [0.05, 0.1) is 11.4 Å². The fourth-order valence-corrected chi connectivity index (χ4v) is 4.73. The standard InChI is InChI=1S/C24H25FN4O2S/c1-17(30)29(22-10-6-5-9-21(22)25)24-27-20(16-32-24)15-28-13-11-18(12-14-28)23(31)26-19-7-3-2-4-8-19/h2-10,16,18H,11-15H2,1H3,(H,26,31). The van der Waals surface area contributed by atoms with Gasteiger partial charge >= 0.3 is 0 Å². The molecule has 1 aromatic heterocycles. The molecule has 0 radical (unpaired) electrons. The zero-order valence-corrected chi connectivity index (χ0v) is 18.6. The summed E-state index contributed by atoms with van der Waals surface area (Å²) in [6.07, 6.45) is 1.56. The Morgan fingerprint density at radius 1 is 1.12 bits per heavy atom. The Balaban J connectivity index is 1.35. The number of rotatable bonds is 6. The Labute approximate surface area is 190 Å². The molecule has 8 heteroatoms. The molecule has 0 atom stereocenters. The minimum absolute atomic E-state index is 0.00767. The molecule has 1 fully saturated rings. The summed E-state index contributed by atoms with van der Waals surface area (Å²) in [5, 5.41) is 5.34. The number of hydrogen-bond acceptors (Lipinski definition) is 5. The zero-order chi connectivity index (χ0) is 22.5. The number of carbonyl (C=O) groups excluding carboxylic acids is 2. The number of benzene rings is 2. The number of anilines is 3. The highest BCUT2D eigenvalue weighted by atomic mass is 32.1. The molecule has 2 aromatic carbocycles. The van der Waals surface area contributed by atoms with Crippen molar-refractivity contribution in [3.63, 3.8) is 0 Å². The molecule has 0 spiro atoms. The lowest BCUT2D eigenvalue weighted by Crippen LogP contribution is -2.37. The van der Waals surface area contributed by atoms with Crippen LogP contribution in [0.5, 0.6) is 0 Å². The summed E-state index contributed by atoms with van der Waals surface area (Å²) >= 11 is 1.32. The maximum absolute atomic E-state index is 14.2. The zero-order valence-electron chi connectivity index (χ0n) is 17.8. The van der Waals surface area contributed by atoms with Gasteiger partial charge in [0.25, 0.3) is 0 Å². The average molecular weight is 453 g/mol. The van der Waals surface area contributed by atoms with Gasteiger partial charge < -0.3 is 5.32 Å². The third kappa shape index (κ3) is 5.20. The Hall–Kier alpha value is -3.10. The number of aromatic nitrogens is 1. The van der Waals surface area contributed by atoms with Crippen molar-refractivity contribution in [1.82, 2.24) is 9.88 Å². The Bertz CT molecular complexity index is 1080. The number of likely N-dealkylation sites (tertiary alicyclic amines) is 1. The second kappa shape index (κ2) is 10.0. The summed E-state index contributed by atoms with van der Waals surface area (Å²) in [4.78, 5) is 32.9. The third-order valence-electron chi connectivity index (χ3n) is 5.52. The van der Waals surface area contributed by atoms with E-state index < -0.39 is 5.82 Å². The van der Waals surface area contributed by atoms with Gasteiger partial charge in [-0.3, -0.25) is 19.4 Å². The largest absolute Gasteiger partial charge is 0.326 e. The van der Waals surface area contributed by atoms with Crippen LogP contribution in [0.15, 0.2) is 60.0 Å². The van der Waals surface area contributed by atoms with Gasteiger partial charge in [-0.15, -0.1) is 11.3 Å². The molecule has 3 aromatic rings. The number of piperidine rings is 1. The number of thiazole rings is 1. The van der Waals surface area contributed by atoms with Crippen LogP contribution in [0, 0.1) is 11.7 Å². The summed E-state index contributed by atoms with van der Waals surface area (Å²) in [6, 6.07) is 15.7. The predicted octanol–water partition coefficient (Wildman–Crippen LogP) is 4.82. The molecule has 1 N–H and O–H groups in total. The summed E-state index contributed by atoms with van der Waals surface area (Å²) in [6.45, 7) is 3.62. The van der Waals surface area contributed by atoms with Crippen LogP contribution in [0.25, 0.3) is 0 Å². The van der Waals surface area contributed by atoms with Gasteiger partial charge in [0.2, 0.25) is 11.8 Å². The Kier molecular flexibility index (Phi) is 6.92. The van der Waals surface area contributed by atoms with Gasteiger partial charge in [0.15, 0.2) is 5.13 Å². The quantitative estimate of drug-likeness (QED) is 0.583. The first-order valence-corrected chi connectivity index (χ1v) is 11.5. The average Bonchev–Trinajstić information content (AvgIpc) is 3.24. The van der Waals surface area contributed by atoms with Gasteiger partial charge in [0, 0.05) is 30.5 Å². The number of para-hydroxylation sites is 2. The first kappa shape index (κ1) is 22.1. The monoisotopic (exact) mass is 452 g/mol. The van der Waals surface area contributed by atoms with E-state index in [9.17, 15) is 14.0 Å². The lowest BCUT2D eigenvalue weighted by molar-refractivity contribution is -0.121. The van der Waals surface area contributed by atoms with Crippen LogP contribution in [0.4, 0.5) is 20.9 Å². The van der Waals surface area contributed by atoms with Crippen molar-refractivity contribution >= 4 is 39.7 Å². The van der Waals surface area contributed by atoms with E-state index in [1.807, 2.05) is 35.7 Å². The molecule has 0 unspecified atom stereocenters. The maximum atomic E-state index is 14.2. The van der Waals surface area contributed by atoms with E-state index in [-0.39, 0.29) is 23.4 Å². The molecule has 1 aliphatic rings. The number of amides is 2. The highest BCUT2D eigenvalue weighted by Gasteiger charge is 2.26. The van der Waals surface area contributed by atoms with Crippen molar-refractivity contribution in [2.75, 3.05) is 23.3 Å². The molecule has 0 aliphatic carbocycles. The highest BCUT2D eigenvalue weighted by Crippen LogP contribution is 2.31. The smallest absolute Gasteiger partial charge is 0.230 e.